The maximum atomic E-state index is 12.9. The molecule has 2 atom stereocenters. The highest BCUT2D eigenvalue weighted by molar-refractivity contribution is 5.95. The second-order valence-electron chi connectivity index (χ2n) is 7.67. The van der Waals surface area contributed by atoms with Crippen molar-refractivity contribution in [3.05, 3.63) is 48.5 Å². The molecule has 2 aromatic carbocycles. The first-order valence-electron chi connectivity index (χ1n) is 10.2. The first-order valence-corrected chi connectivity index (χ1v) is 10.2. The molecule has 0 spiro atoms. The van der Waals surface area contributed by atoms with Crippen LogP contribution in [-0.2, 0) is 9.59 Å². The van der Waals surface area contributed by atoms with Crippen LogP contribution in [0.2, 0.25) is 0 Å². The Balaban J connectivity index is 1.43. The molecule has 2 N–H and O–H groups in total. The van der Waals surface area contributed by atoms with Gasteiger partial charge in [0.1, 0.15) is 5.82 Å². The van der Waals surface area contributed by atoms with E-state index >= 15 is 0 Å². The number of amides is 2. The van der Waals surface area contributed by atoms with Crippen molar-refractivity contribution in [1.29, 1.82) is 0 Å². The van der Waals surface area contributed by atoms with Crippen LogP contribution >= 0.6 is 0 Å². The molecule has 3 aromatic rings. The van der Waals surface area contributed by atoms with E-state index in [1.54, 1.807) is 4.90 Å². The third-order valence-corrected chi connectivity index (χ3v) is 5.72. The molecule has 4 rings (SSSR count). The maximum absolute atomic E-state index is 12.9. The quantitative estimate of drug-likeness (QED) is 0.694. The van der Waals surface area contributed by atoms with Crippen LogP contribution in [0.1, 0.15) is 32.6 Å². The van der Waals surface area contributed by atoms with Crippen LogP contribution in [0.4, 0.5) is 5.69 Å². The molecule has 6 nitrogen and oxygen atoms in total. The number of carbonyl (C=O) groups excluding carboxylic acids is 2. The fourth-order valence-electron chi connectivity index (χ4n) is 4.00. The predicted octanol–water partition coefficient (Wildman–Crippen LogP) is 3.89. The van der Waals surface area contributed by atoms with Gasteiger partial charge in [-0.05, 0) is 55.7 Å². The molecule has 0 radical (unpaired) electrons. The Morgan fingerprint density at radius 3 is 2.62 bits per heavy atom. The maximum Gasteiger partial charge on any atom is 0.229 e. The highest BCUT2D eigenvalue weighted by atomic mass is 16.2. The standard InChI is InChI=1S/C23H26N4O2/c1-3-21(28)24-17-11-8-16(14-17)23(29)27(2)18-12-9-15(10-13-18)22-25-19-6-4-5-7-20(19)26-22/h4-7,9-10,12-13,16-17H,3,8,11,14H2,1-2H3,(H,24,28)(H,25,26)/t16-,17+/m1/s1. The van der Waals surface area contributed by atoms with Crippen molar-refractivity contribution in [3.63, 3.8) is 0 Å². The molecule has 1 aliphatic carbocycles. The average Bonchev–Trinajstić information content (AvgIpc) is 3.39. The van der Waals surface area contributed by atoms with Crippen LogP contribution in [0.5, 0.6) is 0 Å². The predicted molar refractivity (Wildman–Crippen MR) is 115 cm³/mol. The van der Waals surface area contributed by atoms with E-state index in [9.17, 15) is 9.59 Å². The van der Waals surface area contributed by atoms with Gasteiger partial charge in [-0.1, -0.05) is 19.1 Å². The average molecular weight is 390 g/mol. The minimum Gasteiger partial charge on any atom is -0.353 e. The number of fused-ring (bicyclic) bond motifs is 1. The number of para-hydroxylation sites is 2. The van der Waals surface area contributed by atoms with Gasteiger partial charge >= 0.3 is 0 Å². The number of aromatic amines is 1. The molecule has 6 heteroatoms. The van der Waals surface area contributed by atoms with Gasteiger partial charge in [-0.15, -0.1) is 0 Å². The van der Waals surface area contributed by atoms with E-state index in [1.165, 1.54) is 0 Å². The summed E-state index contributed by atoms with van der Waals surface area (Å²) in [4.78, 5) is 34.2. The Bertz CT molecular complexity index is 992. The van der Waals surface area contributed by atoms with Gasteiger partial charge in [-0.3, -0.25) is 9.59 Å². The van der Waals surface area contributed by atoms with Crippen LogP contribution in [0.15, 0.2) is 48.5 Å². The van der Waals surface area contributed by atoms with E-state index < -0.39 is 0 Å². The molecule has 150 valence electrons. The number of benzene rings is 2. The number of anilines is 1. The summed E-state index contributed by atoms with van der Waals surface area (Å²) in [6.45, 7) is 1.84. The topological polar surface area (TPSA) is 78.1 Å². The van der Waals surface area contributed by atoms with Crippen LogP contribution in [0.3, 0.4) is 0 Å². The van der Waals surface area contributed by atoms with E-state index in [1.807, 2.05) is 62.5 Å². The van der Waals surface area contributed by atoms with Gasteiger partial charge in [0.05, 0.1) is 11.0 Å². The van der Waals surface area contributed by atoms with E-state index in [-0.39, 0.29) is 23.8 Å². The largest absolute Gasteiger partial charge is 0.353 e. The third kappa shape index (κ3) is 4.01. The second-order valence-corrected chi connectivity index (χ2v) is 7.67. The molecule has 0 bridgehead atoms. The van der Waals surface area contributed by atoms with Gasteiger partial charge in [-0.2, -0.15) is 0 Å². The Hall–Kier alpha value is -3.15. The molecule has 0 saturated heterocycles. The zero-order valence-electron chi connectivity index (χ0n) is 16.8. The van der Waals surface area contributed by atoms with E-state index in [0.29, 0.717) is 12.8 Å². The summed E-state index contributed by atoms with van der Waals surface area (Å²) in [5, 5.41) is 3.01. The Labute approximate surface area is 170 Å². The van der Waals surface area contributed by atoms with Gasteiger partial charge in [0.2, 0.25) is 11.8 Å². The first kappa shape index (κ1) is 19.2. The Morgan fingerprint density at radius 2 is 1.90 bits per heavy atom. The number of carbonyl (C=O) groups is 2. The number of H-pyrrole nitrogens is 1. The number of rotatable bonds is 5. The molecular formula is C23H26N4O2. The molecule has 1 fully saturated rings. The zero-order chi connectivity index (χ0) is 20.4. The van der Waals surface area contributed by atoms with E-state index in [4.69, 9.17) is 0 Å². The molecule has 2 amide bonds. The number of nitrogens with zero attached hydrogens (tertiary/aromatic N) is 2. The fraction of sp³-hybridized carbons (Fsp3) is 0.348. The lowest BCUT2D eigenvalue weighted by atomic mass is 10.1. The minimum absolute atomic E-state index is 0.0443. The van der Waals surface area contributed by atoms with Crippen molar-refractivity contribution in [2.45, 2.75) is 38.6 Å². The van der Waals surface area contributed by atoms with Crippen LogP contribution in [0.25, 0.3) is 22.4 Å². The van der Waals surface area contributed by atoms with Gasteiger partial charge in [-0.25, -0.2) is 4.98 Å². The van der Waals surface area contributed by atoms with Crippen molar-refractivity contribution < 1.29 is 9.59 Å². The summed E-state index contributed by atoms with van der Waals surface area (Å²) in [5.41, 5.74) is 3.78. The number of imidazole rings is 1. The third-order valence-electron chi connectivity index (χ3n) is 5.72. The normalized spacial score (nSPS) is 18.7. The highest BCUT2D eigenvalue weighted by Gasteiger charge is 2.32. The minimum atomic E-state index is -0.0443. The summed E-state index contributed by atoms with van der Waals surface area (Å²) in [6.07, 6.45) is 2.87. The number of aromatic nitrogens is 2. The SMILES string of the molecule is CCC(=O)N[C@H]1CC[C@@H](C(=O)N(C)c2ccc(-c3nc4ccccc4[nH]3)cc2)C1. The van der Waals surface area contributed by atoms with Crippen LogP contribution < -0.4 is 10.2 Å². The highest BCUT2D eigenvalue weighted by Crippen LogP contribution is 2.29. The van der Waals surface area contributed by atoms with Crippen molar-refractivity contribution in [2.75, 3.05) is 11.9 Å². The van der Waals surface area contributed by atoms with Crippen molar-refractivity contribution in [2.24, 2.45) is 5.92 Å². The zero-order valence-corrected chi connectivity index (χ0v) is 16.8. The summed E-state index contributed by atoms with van der Waals surface area (Å²) in [5.74, 6) is 0.932. The van der Waals surface area contributed by atoms with Gasteiger partial charge in [0.25, 0.3) is 0 Å². The van der Waals surface area contributed by atoms with Gasteiger partial charge < -0.3 is 15.2 Å². The Morgan fingerprint density at radius 1 is 1.14 bits per heavy atom. The van der Waals surface area contributed by atoms with Crippen molar-refractivity contribution in [1.82, 2.24) is 15.3 Å². The van der Waals surface area contributed by atoms with Crippen LogP contribution in [-0.4, -0.2) is 34.9 Å². The smallest absolute Gasteiger partial charge is 0.229 e. The van der Waals surface area contributed by atoms with Crippen molar-refractivity contribution >= 4 is 28.5 Å². The summed E-state index contributed by atoms with van der Waals surface area (Å²) in [6, 6.07) is 15.9. The van der Waals surface area contributed by atoms with Gasteiger partial charge in [0.15, 0.2) is 0 Å². The summed E-state index contributed by atoms with van der Waals surface area (Å²) in [7, 11) is 1.82. The molecule has 1 saturated carbocycles. The Kier molecular flexibility index (Phi) is 5.34. The fourth-order valence-corrected chi connectivity index (χ4v) is 4.00. The number of hydrogen-bond donors (Lipinski definition) is 2. The van der Waals surface area contributed by atoms with Crippen LogP contribution in [0, 0.1) is 5.92 Å². The molecular weight excluding hydrogens is 364 g/mol. The molecule has 1 heterocycles. The molecule has 1 aromatic heterocycles. The number of hydrogen-bond acceptors (Lipinski definition) is 3. The molecule has 1 aliphatic rings. The molecule has 0 aliphatic heterocycles. The van der Waals surface area contributed by atoms with Crippen molar-refractivity contribution in [3.8, 4) is 11.4 Å². The molecule has 0 unspecified atom stereocenters. The first-order chi connectivity index (χ1) is 14.0. The van der Waals surface area contributed by atoms with E-state index in [0.717, 1.165) is 41.0 Å². The summed E-state index contributed by atoms with van der Waals surface area (Å²) < 4.78 is 0. The lowest BCUT2D eigenvalue weighted by Crippen LogP contribution is -2.35. The van der Waals surface area contributed by atoms with E-state index in [2.05, 4.69) is 15.3 Å². The summed E-state index contributed by atoms with van der Waals surface area (Å²) >= 11 is 0. The number of nitrogens with one attached hydrogen (secondary N) is 2. The lowest BCUT2D eigenvalue weighted by Gasteiger charge is -2.21. The van der Waals surface area contributed by atoms with Gasteiger partial charge in [0, 0.05) is 36.7 Å². The monoisotopic (exact) mass is 390 g/mol. The molecule has 29 heavy (non-hydrogen) atoms. The second kappa shape index (κ2) is 8.07. The lowest BCUT2D eigenvalue weighted by molar-refractivity contribution is -0.123.